The third-order valence-corrected chi connectivity index (χ3v) is 2.15. The Hall–Kier alpha value is -0.610. The molecule has 0 aliphatic heterocycles. The molecule has 96 valence electrons. The largest absolute Gasteiger partial charge is 0.379 e. The fourth-order valence-corrected chi connectivity index (χ4v) is 1.25. The van der Waals surface area contributed by atoms with Crippen molar-refractivity contribution < 1.29 is 14.3 Å². The number of ether oxygens (including phenoxy) is 2. The molecule has 1 N–H and O–H groups in total. The van der Waals surface area contributed by atoms with Crippen molar-refractivity contribution in [1.82, 2.24) is 5.32 Å². The van der Waals surface area contributed by atoms with Crippen LogP contribution in [-0.4, -0.2) is 38.9 Å². The van der Waals surface area contributed by atoms with E-state index in [-0.39, 0.29) is 5.91 Å². The van der Waals surface area contributed by atoms with E-state index in [2.05, 4.69) is 12.2 Å². The molecule has 0 aromatic carbocycles. The van der Waals surface area contributed by atoms with E-state index in [1.165, 1.54) is 0 Å². The second-order valence-electron chi connectivity index (χ2n) is 3.62. The zero-order valence-electron chi connectivity index (χ0n) is 10.6. The Labute approximate surface area is 98.7 Å². The molecule has 0 aliphatic rings. The summed E-state index contributed by atoms with van der Waals surface area (Å²) in [7, 11) is 0. The summed E-state index contributed by atoms with van der Waals surface area (Å²) in [5.41, 5.74) is 0. The van der Waals surface area contributed by atoms with Gasteiger partial charge in [-0.15, -0.1) is 0 Å². The zero-order chi connectivity index (χ0) is 12.1. The van der Waals surface area contributed by atoms with E-state index in [1.54, 1.807) is 0 Å². The SMILES string of the molecule is CCCCCC(=O)NCCOCCOCC. The van der Waals surface area contributed by atoms with E-state index in [4.69, 9.17) is 9.47 Å². The molecule has 0 heterocycles. The van der Waals surface area contributed by atoms with Crippen molar-refractivity contribution in [2.45, 2.75) is 39.5 Å². The summed E-state index contributed by atoms with van der Waals surface area (Å²) in [5, 5.41) is 2.83. The minimum Gasteiger partial charge on any atom is -0.379 e. The van der Waals surface area contributed by atoms with Crippen molar-refractivity contribution in [1.29, 1.82) is 0 Å². The molecule has 1 amide bonds. The first-order chi connectivity index (χ1) is 7.81. The van der Waals surface area contributed by atoms with Crippen LogP contribution in [0.5, 0.6) is 0 Å². The normalized spacial score (nSPS) is 10.4. The van der Waals surface area contributed by atoms with Crippen LogP contribution in [0.1, 0.15) is 39.5 Å². The van der Waals surface area contributed by atoms with Gasteiger partial charge in [0.05, 0.1) is 19.8 Å². The molecule has 0 fully saturated rings. The number of amides is 1. The highest BCUT2D eigenvalue weighted by Gasteiger charge is 1.99. The molecule has 0 saturated heterocycles. The summed E-state index contributed by atoms with van der Waals surface area (Å²) in [6, 6.07) is 0. The van der Waals surface area contributed by atoms with Gasteiger partial charge in [-0.2, -0.15) is 0 Å². The summed E-state index contributed by atoms with van der Waals surface area (Å²) in [5.74, 6) is 0.127. The van der Waals surface area contributed by atoms with E-state index < -0.39 is 0 Å². The van der Waals surface area contributed by atoms with Gasteiger partial charge in [0.2, 0.25) is 5.91 Å². The summed E-state index contributed by atoms with van der Waals surface area (Å²) < 4.78 is 10.4. The van der Waals surface area contributed by atoms with Gasteiger partial charge >= 0.3 is 0 Å². The van der Waals surface area contributed by atoms with Gasteiger partial charge in [-0.1, -0.05) is 19.8 Å². The van der Waals surface area contributed by atoms with Gasteiger partial charge in [-0.3, -0.25) is 4.79 Å². The molecule has 0 unspecified atom stereocenters. The molecule has 0 saturated carbocycles. The fraction of sp³-hybridized carbons (Fsp3) is 0.917. The van der Waals surface area contributed by atoms with Gasteiger partial charge < -0.3 is 14.8 Å². The lowest BCUT2D eigenvalue weighted by Crippen LogP contribution is -2.27. The van der Waals surface area contributed by atoms with Crippen molar-refractivity contribution in [2.24, 2.45) is 0 Å². The minimum atomic E-state index is 0.127. The Bertz CT molecular complexity index is 162. The van der Waals surface area contributed by atoms with Crippen molar-refractivity contribution in [3.8, 4) is 0 Å². The second-order valence-corrected chi connectivity index (χ2v) is 3.62. The monoisotopic (exact) mass is 231 g/mol. The van der Waals surface area contributed by atoms with Crippen LogP contribution in [0.3, 0.4) is 0 Å². The van der Waals surface area contributed by atoms with Gasteiger partial charge in [0.1, 0.15) is 0 Å². The van der Waals surface area contributed by atoms with E-state index in [0.717, 1.165) is 25.9 Å². The average Bonchev–Trinajstić information content (AvgIpc) is 2.28. The predicted octanol–water partition coefficient (Wildman–Crippen LogP) is 1.74. The van der Waals surface area contributed by atoms with Crippen molar-refractivity contribution in [3.63, 3.8) is 0 Å². The molecule has 0 rings (SSSR count). The standard InChI is InChI=1S/C12H25NO3/c1-3-5-6-7-12(14)13-8-9-16-11-10-15-4-2/h3-11H2,1-2H3,(H,13,14). The first-order valence-electron chi connectivity index (χ1n) is 6.23. The molecule has 4 nitrogen and oxygen atoms in total. The summed E-state index contributed by atoms with van der Waals surface area (Å²) >= 11 is 0. The molecule has 0 aliphatic carbocycles. The highest BCUT2D eigenvalue weighted by molar-refractivity contribution is 5.75. The number of unbranched alkanes of at least 4 members (excludes halogenated alkanes) is 2. The maximum absolute atomic E-state index is 11.3. The number of nitrogens with one attached hydrogen (secondary N) is 1. The van der Waals surface area contributed by atoms with E-state index >= 15 is 0 Å². The third kappa shape index (κ3) is 11.5. The molecular weight excluding hydrogens is 206 g/mol. The van der Waals surface area contributed by atoms with Crippen molar-refractivity contribution in [2.75, 3.05) is 33.0 Å². The number of hydrogen-bond acceptors (Lipinski definition) is 3. The molecule has 0 atom stereocenters. The Kier molecular flexibility index (Phi) is 12.0. The minimum absolute atomic E-state index is 0.127. The van der Waals surface area contributed by atoms with E-state index in [0.29, 0.717) is 32.8 Å². The highest BCUT2D eigenvalue weighted by atomic mass is 16.5. The molecule has 4 heteroatoms. The molecule has 0 bridgehead atoms. The van der Waals surface area contributed by atoms with Crippen LogP contribution in [-0.2, 0) is 14.3 Å². The van der Waals surface area contributed by atoms with Gasteiger partial charge in [0, 0.05) is 19.6 Å². The van der Waals surface area contributed by atoms with Crippen LogP contribution in [0.2, 0.25) is 0 Å². The van der Waals surface area contributed by atoms with Crippen molar-refractivity contribution in [3.05, 3.63) is 0 Å². The van der Waals surface area contributed by atoms with E-state index in [9.17, 15) is 4.79 Å². The lowest BCUT2D eigenvalue weighted by atomic mass is 10.2. The lowest BCUT2D eigenvalue weighted by molar-refractivity contribution is -0.121. The summed E-state index contributed by atoms with van der Waals surface area (Å²) in [6.45, 7) is 7.18. The number of hydrogen-bond donors (Lipinski definition) is 1. The topological polar surface area (TPSA) is 47.6 Å². The first kappa shape index (κ1) is 15.4. The molecule has 0 radical (unpaired) electrons. The maximum Gasteiger partial charge on any atom is 0.220 e. The van der Waals surface area contributed by atoms with Crippen LogP contribution in [0.4, 0.5) is 0 Å². The molecule has 0 spiro atoms. The number of carbonyl (C=O) groups is 1. The third-order valence-electron chi connectivity index (χ3n) is 2.15. The van der Waals surface area contributed by atoms with Gasteiger partial charge in [0.15, 0.2) is 0 Å². The first-order valence-corrected chi connectivity index (χ1v) is 6.23. The Balaban J connectivity index is 3.09. The number of rotatable bonds is 11. The predicted molar refractivity (Wildman–Crippen MR) is 64.5 cm³/mol. The van der Waals surface area contributed by atoms with Crippen LogP contribution in [0.25, 0.3) is 0 Å². The summed E-state index contributed by atoms with van der Waals surface area (Å²) in [6.07, 6.45) is 3.88. The van der Waals surface area contributed by atoms with Crippen LogP contribution in [0.15, 0.2) is 0 Å². The van der Waals surface area contributed by atoms with Gasteiger partial charge in [-0.05, 0) is 13.3 Å². The van der Waals surface area contributed by atoms with Crippen molar-refractivity contribution >= 4 is 5.91 Å². The molecular formula is C12H25NO3. The Morgan fingerprint density at radius 3 is 2.50 bits per heavy atom. The second kappa shape index (κ2) is 12.5. The fourth-order valence-electron chi connectivity index (χ4n) is 1.25. The Morgan fingerprint density at radius 2 is 1.81 bits per heavy atom. The lowest BCUT2D eigenvalue weighted by Gasteiger charge is -2.06. The van der Waals surface area contributed by atoms with E-state index in [1.807, 2.05) is 6.92 Å². The smallest absolute Gasteiger partial charge is 0.220 e. The summed E-state index contributed by atoms with van der Waals surface area (Å²) in [4.78, 5) is 11.3. The van der Waals surface area contributed by atoms with Crippen LogP contribution >= 0.6 is 0 Å². The molecule has 16 heavy (non-hydrogen) atoms. The van der Waals surface area contributed by atoms with Gasteiger partial charge in [-0.25, -0.2) is 0 Å². The maximum atomic E-state index is 11.3. The van der Waals surface area contributed by atoms with Gasteiger partial charge in [0.25, 0.3) is 0 Å². The van der Waals surface area contributed by atoms with Crippen LogP contribution in [0, 0.1) is 0 Å². The molecule has 0 aromatic rings. The quantitative estimate of drug-likeness (QED) is 0.551. The zero-order valence-corrected chi connectivity index (χ0v) is 10.6. The average molecular weight is 231 g/mol. The van der Waals surface area contributed by atoms with Crippen LogP contribution < -0.4 is 5.32 Å². The highest BCUT2D eigenvalue weighted by Crippen LogP contribution is 1.97. The Morgan fingerprint density at radius 1 is 1.06 bits per heavy atom. The number of carbonyl (C=O) groups excluding carboxylic acids is 1. The molecule has 0 aromatic heterocycles.